The van der Waals surface area contributed by atoms with Crippen molar-refractivity contribution in [2.24, 2.45) is 0 Å². The molecule has 1 aromatic heterocycles. The predicted molar refractivity (Wildman–Crippen MR) is 99.7 cm³/mol. The molecule has 1 unspecified atom stereocenters. The molecule has 1 aliphatic rings. The average Bonchev–Trinajstić information content (AvgIpc) is 3.23. The van der Waals surface area contributed by atoms with Crippen molar-refractivity contribution in [3.63, 3.8) is 0 Å². The Morgan fingerprint density at radius 3 is 2.84 bits per heavy atom. The van der Waals surface area contributed by atoms with Crippen molar-refractivity contribution in [3.8, 4) is 10.6 Å². The minimum absolute atomic E-state index is 0.0131. The summed E-state index contributed by atoms with van der Waals surface area (Å²) in [5.41, 5.74) is 1.59. The Kier molecular flexibility index (Phi) is 5.39. The number of thiazole rings is 1. The Morgan fingerprint density at radius 1 is 1.36 bits per heavy atom. The number of aromatic nitrogens is 1. The maximum absolute atomic E-state index is 12.7. The lowest BCUT2D eigenvalue weighted by Gasteiger charge is -2.26. The van der Waals surface area contributed by atoms with E-state index in [1.807, 2.05) is 29.6 Å². The van der Waals surface area contributed by atoms with Gasteiger partial charge in [0.05, 0.1) is 17.1 Å². The molecular weight excluding hydrogens is 358 g/mol. The number of carbonyl (C=O) groups excluding carboxylic acids is 2. The highest BCUT2D eigenvalue weighted by Crippen LogP contribution is 2.30. The molecule has 7 heteroatoms. The van der Waals surface area contributed by atoms with Crippen LogP contribution in [0.5, 0.6) is 0 Å². The molecule has 0 saturated carbocycles. The average molecular weight is 378 g/mol. The van der Waals surface area contributed by atoms with E-state index >= 15 is 0 Å². The lowest BCUT2D eigenvalue weighted by Crippen LogP contribution is -2.46. The fourth-order valence-electron chi connectivity index (χ4n) is 3.02. The summed E-state index contributed by atoms with van der Waals surface area (Å²) in [6, 6.07) is 7.18. The quantitative estimate of drug-likeness (QED) is 0.822. The van der Waals surface area contributed by atoms with Crippen molar-refractivity contribution in [3.05, 3.63) is 40.4 Å². The zero-order valence-electron chi connectivity index (χ0n) is 14.2. The van der Waals surface area contributed by atoms with Crippen molar-refractivity contribution >= 4 is 34.8 Å². The minimum atomic E-state index is -0.343. The first-order valence-electron chi connectivity index (χ1n) is 8.17. The molecule has 1 aliphatic heterocycles. The number of nitrogens with zero attached hydrogens (tertiary/aromatic N) is 3. The highest BCUT2D eigenvalue weighted by atomic mass is 35.5. The van der Waals surface area contributed by atoms with Crippen LogP contribution in [0.4, 0.5) is 0 Å². The van der Waals surface area contributed by atoms with Gasteiger partial charge in [0.25, 0.3) is 0 Å². The summed E-state index contributed by atoms with van der Waals surface area (Å²) in [6.45, 7) is 0.630. The topological polar surface area (TPSA) is 53.5 Å². The number of rotatable bonds is 4. The molecule has 1 aromatic carbocycles. The first-order valence-corrected chi connectivity index (χ1v) is 9.43. The second-order valence-corrected chi connectivity index (χ2v) is 7.54. The summed E-state index contributed by atoms with van der Waals surface area (Å²) in [7, 11) is 3.44. The van der Waals surface area contributed by atoms with Gasteiger partial charge in [0, 0.05) is 31.6 Å². The third-order valence-electron chi connectivity index (χ3n) is 4.29. The molecular formula is C18H20ClN3O2S. The van der Waals surface area contributed by atoms with Crippen molar-refractivity contribution in [2.75, 3.05) is 20.6 Å². The molecule has 1 fully saturated rings. The van der Waals surface area contributed by atoms with E-state index in [1.165, 1.54) is 11.3 Å². The van der Waals surface area contributed by atoms with E-state index in [0.717, 1.165) is 23.4 Å². The van der Waals surface area contributed by atoms with Gasteiger partial charge in [-0.3, -0.25) is 9.59 Å². The van der Waals surface area contributed by atoms with Gasteiger partial charge in [0.15, 0.2) is 0 Å². The number of hydrogen-bond donors (Lipinski definition) is 0. The molecule has 0 bridgehead atoms. The normalized spacial score (nSPS) is 16.9. The Balaban J connectivity index is 1.72. The van der Waals surface area contributed by atoms with E-state index < -0.39 is 0 Å². The maximum atomic E-state index is 12.7. The number of carbonyl (C=O) groups is 2. The Hall–Kier alpha value is -1.92. The fraction of sp³-hybridized carbons (Fsp3) is 0.389. The van der Waals surface area contributed by atoms with Crippen LogP contribution < -0.4 is 0 Å². The minimum Gasteiger partial charge on any atom is -0.347 e. The molecule has 3 rings (SSSR count). The zero-order valence-corrected chi connectivity index (χ0v) is 15.8. The van der Waals surface area contributed by atoms with E-state index in [9.17, 15) is 9.59 Å². The first kappa shape index (κ1) is 17.9. The summed E-state index contributed by atoms with van der Waals surface area (Å²) in [4.78, 5) is 32.7. The fourth-order valence-corrected chi connectivity index (χ4v) is 4.16. The van der Waals surface area contributed by atoms with Gasteiger partial charge in [-0.1, -0.05) is 29.8 Å². The standard InChI is InChI=1S/C18H20ClN3O2S/c1-21(2)18(24)15-8-5-9-22(15)16(23)10-12-11-25-17(20-12)13-6-3-4-7-14(13)19/h3-4,6-7,11,15H,5,8-10H2,1-2H3. The molecule has 5 nitrogen and oxygen atoms in total. The third-order valence-corrected chi connectivity index (χ3v) is 5.54. The molecule has 0 aliphatic carbocycles. The Bertz CT molecular complexity index is 790. The van der Waals surface area contributed by atoms with Crippen LogP contribution >= 0.6 is 22.9 Å². The largest absolute Gasteiger partial charge is 0.347 e. The Labute approximate surface area is 156 Å². The smallest absolute Gasteiger partial charge is 0.244 e. The number of benzene rings is 1. The highest BCUT2D eigenvalue weighted by molar-refractivity contribution is 7.13. The van der Waals surface area contributed by atoms with Crippen LogP contribution in [0.2, 0.25) is 5.02 Å². The van der Waals surface area contributed by atoms with Crippen LogP contribution in [0, 0.1) is 0 Å². The van der Waals surface area contributed by atoms with Gasteiger partial charge < -0.3 is 9.80 Å². The molecule has 0 N–H and O–H groups in total. The summed E-state index contributed by atoms with van der Waals surface area (Å²) in [5, 5.41) is 3.33. The lowest BCUT2D eigenvalue weighted by atomic mass is 10.2. The summed E-state index contributed by atoms with van der Waals surface area (Å²) in [6.07, 6.45) is 1.79. The van der Waals surface area contributed by atoms with Crippen LogP contribution in [0.15, 0.2) is 29.6 Å². The monoisotopic (exact) mass is 377 g/mol. The second-order valence-electron chi connectivity index (χ2n) is 6.28. The molecule has 25 heavy (non-hydrogen) atoms. The van der Waals surface area contributed by atoms with Crippen molar-refractivity contribution in [1.82, 2.24) is 14.8 Å². The molecule has 1 saturated heterocycles. The van der Waals surface area contributed by atoms with E-state index in [0.29, 0.717) is 17.3 Å². The highest BCUT2D eigenvalue weighted by Gasteiger charge is 2.34. The van der Waals surface area contributed by atoms with Crippen molar-refractivity contribution in [2.45, 2.75) is 25.3 Å². The molecule has 1 atom stereocenters. The van der Waals surface area contributed by atoms with Gasteiger partial charge in [0.2, 0.25) is 11.8 Å². The number of likely N-dealkylation sites (tertiary alicyclic amines) is 1. The van der Waals surface area contributed by atoms with Crippen LogP contribution in [0.1, 0.15) is 18.5 Å². The third kappa shape index (κ3) is 3.85. The number of halogens is 1. The summed E-state index contributed by atoms with van der Waals surface area (Å²) in [5.74, 6) is -0.0606. The van der Waals surface area contributed by atoms with Crippen molar-refractivity contribution in [1.29, 1.82) is 0 Å². The molecule has 132 valence electrons. The number of hydrogen-bond acceptors (Lipinski definition) is 4. The van der Waals surface area contributed by atoms with Gasteiger partial charge in [0.1, 0.15) is 11.0 Å². The van der Waals surface area contributed by atoms with Crippen molar-refractivity contribution < 1.29 is 9.59 Å². The lowest BCUT2D eigenvalue weighted by molar-refractivity contribution is -0.141. The van der Waals surface area contributed by atoms with Gasteiger partial charge in [-0.15, -0.1) is 11.3 Å². The van der Waals surface area contributed by atoms with Gasteiger partial charge in [-0.2, -0.15) is 0 Å². The summed E-state index contributed by atoms with van der Waals surface area (Å²) >= 11 is 7.68. The number of amides is 2. The van der Waals surface area contributed by atoms with Gasteiger partial charge >= 0.3 is 0 Å². The van der Waals surface area contributed by atoms with Gasteiger partial charge in [-0.25, -0.2) is 4.98 Å². The zero-order chi connectivity index (χ0) is 18.0. The molecule has 2 aromatic rings. The van der Waals surface area contributed by atoms with E-state index in [4.69, 9.17) is 11.6 Å². The van der Waals surface area contributed by atoms with E-state index in [1.54, 1.807) is 23.9 Å². The van der Waals surface area contributed by atoms with Crippen LogP contribution in [0.3, 0.4) is 0 Å². The van der Waals surface area contributed by atoms with E-state index in [-0.39, 0.29) is 24.3 Å². The predicted octanol–water partition coefficient (Wildman–Crippen LogP) is 3.09. The second kappa shape index (κ2) is 7.54. The molecule has 0 spiro atoms. The van der Waals surface area contributed by atoms with Gasteiger partial charge in [-0.05, 0) is 18.9 Å². The molecule has 0 radical (unpaired) electrons. The Morgan fingerprint density at radius 2 is 2.12 bits per heavy atom. The maximum Gasteiger partial charge on any atom is 0.244 e. The number of likely N-dealkylation sites (N-methyl/N-ethyl adjacent to an activating group) is 1. The van der Waals surface area contributed by atoms with Crippen LogP contribution in [-0.4, -0.2) is 53.3 Å². The van der Waals surface area contributed by atoms with Crippen LogP contribution in [-0.2, 0) is 16.0 Å². The first-order chi connectivity index (χ1) is 12.0. The van der Waals surface area contributed by atoms with Crippen LogP contribution in [0.25, 0.3) is 10.6 Å². The molecule has 2 heterocycles. The SMILES string of the molecule is CN(C)C(=O)C1CCCN1C(=O)Cc1csc(-c2ccccc2Cl)n1. The molecule has 2 amide bonds. The van der Waals surface area contributed by atoms with E-state index in [2.05, 4.69) is 4.98 Å². The summed E-state index contributed by atoms with van der Waals surface area (Å²) < 4.78 is 0.